The minimum absolute atomic E-state index is 0. The smallest absolute Gasteiger partial charge is 0.324 e. The molecule has 198 valence electrons. The van der Waals surface area contributed by atoms with Crippen molar-refractivity contribution < 1.29 is 14.3 Å². The third-order valence-electron chi connectivity index (χ3n) is 6.09. The van der Waals surface area contributed by atoms with Crippen molar-refractivity contribution in [3.8, 4) is 0 Å². The molecule has 7 nitrogen and oxygen atoms in total. The number of carbonyl (C=O) groups is 2. The lowest BCUT2D eigenvalue weighted by atomic mass is 10.1. The van der Waals surface area contributed by atoms with E-state index in [-0.39, 0.29) is 30.4 Å². The van der Waals surface area contributed by atoms with Crippen LogP contribution < -0.4 is 4.90 Å². The van der Waals surface area contributed by atoms with E-state index < -0.39 is 0 Å². The van der Waals surface area contributed by atoms with Crippen LogP contribution in [0, 0.1) is 0 Å². The summed E-state index contributed by atoms with van der Waals surface area (Å²) in [4.78, 5) is 33.3. The normalized spacial score (nSPS) is 13.9. The highest BCUT2D eigenvalue weighted by molar-refractivity contribution is 6.30. The lowest BCUT2D eigenvalue weighted by molar-refractivity contribution is 0.0638. The Morgan fingerprint density at radius 2 is 1.58 bits per heavy atom. The second-order valence-corrected chi connectivity index (χ2v) is 9.74. The Balaban J connectivity index is 0.00000456. The number of piperazine rings is 1. The highest BCUT2D eigenvalue weighted by Crippen LogP contribution is 2.19. The summed E-state index contributed by atoms with van der Waals surface area (Å²) in [6.07, 6.45) is 1.07. The molecule has 0 saturated carbocycles. The van der Waals surface area contributed by atoms with Crippen LogP contribution in [0.5, 0.6) is 0 Å². The van der Waals surface area contributed by atoms with E-state index in [1.54, 1.807) is 23.9 Å². The van der Waals surface area contributed by atoms with Gasteiger partial charge < -0.3 is 14.5 Å². The van der Waals surface area contributed by atoms with Crippen molar-refractivity contribution in [3.05, 3.63) is 64.7 Å². The first-order valence-corrected chi connectivity index (χ1v) is 12.6. The summed E-state index contributed by atoms with van der Waals surface area (Å²) in [6, 6.07) is 15.2. The highest BCUT2D eigenvalue weighted by Gasteiger charge is 2.23. The van der Waals surface area contributed by atoms with Crippen molar-refractivity contribution in [2.45, 2.75) is 26.4 Å². The molecule has 9 heteroatoms. The van der Waals surface area contributed by atoms with E-state index >= 15 is 0 Å². The second kappa shape index (κ2) is 14.4. The maximum absolute atomic E-state index is 13.1. The van der Waals surface area contributed by atoms with Gasteiger partial charge in [0.1, 0.15) is 0 Å². The Morgan fingerprint density at radius 3 is 2.14 bits per heavy atom. The van der Waals surface area contributed by atoms with Gasteiger partial charge in [-0.3, -0.25) is 14.6 Å². The zero-order valence-electron chi connectivity index (χ0n) is 21.7. The van der Waals surface area contributed by atoms with Crippen LogP contribution in [-0.2, 0) is 11.2 Å². The summed E-state index contributed by atoms with van der Waals surface area (Å²) in [5, 5.41) is 0.756. The number of anilines is 1. The number of hydrogen-bond donors (Lipinski definition) is 0. The summed E-state index contributed by atoms with van der Waals surface area (Å²) >= 11 is 5.97. The summed E-state index contributed by atoms with van der Waals surface area (Å²) in [7, 11) is 3.46. The minimum Gasteiger partial charge on any atom is -0.377 e. The molecule has 2 aromatic rings. The van der Waals surface area contributed by atoms with Crippen LogP contribution in [0.25, 0.3) is 0 Å². The van der Waals surface area contributed by atoms with E-state index in [1.165, 1.54) is 5.56 Å². The fourth-order valence-electron chi connectivity index (χ4n) is 4.04. The second-order valence-electron chi connectivity index (χ2n) is 9.31. The summed E-state index contributed by atoms with van der Waals surface area (Å²) in [5.74, 6) is 0.0301. The fraction of sp³-hybridized carbons (Fsp3) is 0.481. The molecular formula is C27H38Cl2N4O3. The molecule has 2 aromatic carbocycles. The number of ether oxygens (including phenoxy) is 1. The molecule has 0 N–H and O–H groups in total. The Bertz CT molecular complexity index is 960. The van der Waals surface area contributed by atoms with Gasteiger partial charge in [0, 0.05) is 63.1 Å². The largest absolute Gasteiger partial charge is 0.377 e. The van der Waals surface area contributed by atoms with Crippen molar-refractivity contribution in [2.75, 3.05) is 64.9 Å². The first-order valence-electron chi connectivity index (χ1n) is 12.2. The lowest BCUT2D eigenvalue weighted by Crippen LogP contribution is -2.49. The predicted octanol–water partition coefficient (Wildman–Crippen LogP) is 4.68. The Labute approximate surface area is 226 Å². The van der Waals surface area contributed by atoms with Crippen LogP contribution in [-0.4, -0.2) is 92.7 Å². The van der Waals surface area contributed by atoms with Crippen LogP contribution in [0.3, 0.4) is 0 Å². The molecule has 3 amide bonds. The van der Waals surface area contributed by atoms with Gasteiger partial charge in [0.2, 0.25) is 0 Å². The maximum Gasteiger partial charge on any atom is 0.324 e. The summed E-state index contributed by atoms with van der Waals surface area (Å²) < 4.78 is 5.64. The van der Waals surface area contributed by atoms with Crippen LogP contribution in [0.1, 0.15) is 29.8 Å². The van der Waals surface area contributed by atoms with Crippen LogP contribution in [0.2, 0.25) is 5.02 Å². The van der Waals surface area contributed by atoms with Gasteiger partial charge in [0.25, 0.3) is 5.91 Å². The van der Waals surface area contributed by atoms with Crippen LogP contribution in [0.4, 0.5) is 10.5 Å². The standard InChI is InChI=1S/C27H37ClN4O3.ClH/c1-21(2)35-20-19-32(27(34)29(3)4)25-11-7-23(8-12-25)26(33)31-17-15-30(16-18-31)14-13-22-5-9-24(28)10-6-22;/h5-12,21H,13-20H2,1-4H3;1H. The Kier molecular flexibility index (Phi) is 12.0. The van der Waals surface area contributed by atoms with Crippen molar-refractivity contribution in [3.63, 3.8) is 0 Å². The third kappa shape index (κ3) is 8.66. The van der Waals surface area contributed by atoms with E-state index in [0.29, 0.717) is 31.8 Å². The average Bonchev–Trinajstić information content (AvgIpc) is 2.86. The number of halogens is 2. The SMILES string of the molecule is CC(C)OCCN(C(=O)N(C)C)c1ccc(C(=O)N2CCN(CCc3ccc(Cl)cc3)CC2)cc1.Cl. The fourth-order valence-corrected chi connectivity index (χ4v) is 4.16. The zero-order valence-corrected chi connectivity index (χ0v) is 23.2. The van der Waals surface area contributed by atoms with E-state index in [0.717, 1.165) is 36.8 Å². The number of carbonyl (C=O) groups excluding carboxylic acids is 2. The first-order chi connectivity index (χ1) is 16.7. The van der Waals surface area contributed by atoms with Gasteiger partial charge in [0.05, 0.1) is 19.3 Å². The highest BCUT2D eigenvalue weighted by atomic mass is 35.5. The van der Waals surface area contributed by atoms with Crippen molar-refractivity contribution in [1.29, 1.82) is 0 Å². The molecule has 1 fully saturated rings. The molecular weight excluding hydrogens is 499 g/mol. The van der Waals surface area contributed by atoms with Gasteiger partial charge in [-0.1, -0.05) is 23.7 Å². The quantitative estimate of drug-likeness (QED) is 0.467. The molecule has 0 unspecified atom stereocenters. The van der Waals surface area contributed by atoms with Gasteiger partial charge >= 0.3 is 6.03 Å². The third-order valence-corrected chi connectivity index (χ3v) is 6.35. The Morgan fingerprint density at radius 1 is 0.972 bits per heavy atom. The molecule has 0 spiro atoms. The molecule has 1 aliphatic heterocycles. The number of benzene rings is 2. The van der Waals surface area contributed by atoms with E-state index in [1.807, 2.05) is 55.1 Å². The monoisotopic (exact) mass is 536 g/mol. The molecule has 3 rings (SSSR count). The molecule has 36 heavy (non-hydrogen) atoms. The molecule has 1 saturated heterocycles. The van der Waals surface area contributed by atoms with Crippen LogP contribution >= 0.6 is 24.0 Å². The zero-order chi connectivity index (χ0) is 25.4. The molecule has 1 heterocycles. The Hall–Kier alpha value is -2.32. The summed E-state index contributed by atoms with van der Waals surface area (Å²) in [5.41, 5.74) is 2.66. The minimum atomic E-state index is -0.119. The van der Waals surface area contributed by atoms with E-state index in [9.17, 15) is 9.59 Å². The van der Waals surface area contributed by atoms with E-state index in [2.05, 4.69) is 17.0 Å². The molecule has 0 bridgehead atoms. The average molecular weight is 538 g/mol. The molecule has 0 atom stereocenters. The lowest BCUT2D eigenvalue weighted by Gasteiger charge is -2.35. The molecule has 0 aliphatic carbocycles. The van der Waals surface area contributed by atoms with Crippen molar-refractivity contribution in [2.24, 2.45) is 0 Å². The number of nitrogens with zero attached hydrogens (tertiary/aromatic N) is 4. The number of amides is 3. The first kappa shape index (κ1) is 29.9. The van der Waals surface area contributed by atoms with Gasteiger partial charge in [-0.05, 0) is 62.2 Å². The topological polar surface area (TPSA) is 56.3 Å². The summed E-state index contributed by atoms with van der Waals surface area (Å²) in [6.45, 7) is 8.93. The van der Waals surface area contributed by atoms with Crippen molar-refractivity contribution >= 4 is 41.6 Å². The van der Waals surface area contributed by atoms with Gasteiger partial charge in [0.15, 0.2) is 0 Å². The maximum atomic E-state index is 13.1. The molecule has 0 radical (unpaired) electrons. The number of urea groups is 1. The van der Waals surface area contributed by atoms with Gasteiger partial charge in [-0.2, -0.15) is 0 Å². The van der Waals surface area contributed by atoms with E-state index in [4.69, 9.17) is 16.3 Å². The van der Waals surface area contributed by atoms with Gasteiger partial charge in [-0.15, -0.1) is 12.4 Å². The van der Waals surface area contributed by atoms with Gasteiger partial charge in [-0.25, -0.2) is 4.79 Å². The van der Waals surface area contributed by atoms with Crippen molar-refractivity contribution in [1.82, 2.24) is 14.7 Å². The molecule has 0 aromatic heterocycles. The number of hydrogen-bond acceptors (Lipinski definition) is 4. The number of rotatable bonds is 9. The van der Waals surface area contributed by atoms with Crippen LogP contribution in [0.15, 0.2) is 48.5 Å². The predicted molar refractivity (Wildman–Crippen MR) is 149 cm³/mol. The molecule has 1 aliphatic rings.